The lowest BCUT2D eigenvalue weighted by atomic mass is 10.4. The number of carbonyl (C=O) groups excluding carboxylic acids is 1. The molecule has 0 spiro atoms. The van der Waals surface area contributed by atoms with Gasteiger partial charge in [-0.15, -0.1) is 6.58 Å². The van der Waals surface area contributed by atoms with Gasteiger partial charge in [0.15, 0.2) is 6.04 Å². The van der Waals surface area contributed by atoms with Crippen molar-refractivity contribution in [3.05, 3.63) is 12.7 Å². The lowest BCUT2D eigenvalue weighted by molar-refractivity contribution is -0.400. The number of hydrogen-bond acceptors (Lipinski definition) is 3. The van der Waals surface area contributed by atoms with Crippen LogP contribution in [0.2, 0.25) is 0 Å². The van der Waals surface area contributed by atoms with Gasteiger partial charge in [-0.05, 0) is 0 Å². The van der Waals surface area contributed by atoms with Crippen molar-refractivity contribution in [2.75, 3.05) is 18.6 Å². The molecule has 0 rings (SSSR count). The Bertz CT molecular complexity index is 138. The summed E-state index contributed by atoms with van der Waals surface area (Å²) >= 11 is 1.62. The van der Waals surface area contributed by atoms with E-state index in [9.17, 15) is 4.79 Å². The molecule has 0 saturated carbocycles. The monoisotopic (exact) mass is 176 g/mol. The van der Waals surface area contributed by atoms with Crippen LogP contribution in [-0.2, 0) is 9.53 Å². The summed E-state index contributed by atoms with van der Waals surface area (Å²) in [5.74, 6) is 1.29. The summed E-state index contributed by atoms with van der Waals surface area (Å²) in [6.07, 6.45) is 1.80. The Hall–Kier alpha value is -0.480. The second-order valence-electron chi connectivity index (χ2n) is 2.05. The minimum Gasteiger partial charge on any atom is -0.465 e. The molecule has 3 nitrogen and oxygen atoms in total. The van der Waals surface area contributed by atoms with E-state index in [1.165, 1.54) is 7.11 Å². The highest BCUT2D eigenvalue weighted by Crippen LogP contribution is 2.00. The third-order valence-corrected chi connectivity index (χ3v) is 2.20. The standard InChI is InChI=1S/C7H13NO2S/c1-3-4-11-5-6(8)7(9)10-2/h3,6H,1,4-5,8H2,2H3/p+1. The zero-order valence-electron chi connectivity index (χ0n) is 6.71. The fourth-order valence-corrected chi connectivity index (χ4v) is 1.25. The van der Waals surface area contributed by atoms with Gasteiger partial charge in [-0.25, -0.2) is 4.79 Å². The van der Waals surface area contributed by atoms with E-state index in [2.05, 4.69) is 17.0 Å². The third-order valence-electron chi connectivity index (χ3n) is 1.09. The van der Waals surface area contributed by atoms with Crippen molar-refractivity contribution in [1.82, 2.24) is 0 Å². The molecule has 64 valence electrons. The minimum atomic E-state index is -0.259. The van der Waals surface area contributed by atoms with Crippen molar-refractivity contribution in [2.45, 2.75) is 6.04 Å². The molecular weight excluding hydrogens is 162 g/mol. The second kappa shape index (κ2) is 6.24. The summed E-state index contributed by atoms with van der Waals surface area (Å²) in [6, 6.07) is -0.259. The SMILES string of the molecule is C=CCSCC([NH3+])C(=O)OC. The molecule has 0 aromatic carbocycles. The quantitative estimate of drug-likeness (QED) is 0.355. The van der Waals surface area contributed by atoms with Crippen molar-refractivity contribution >= 4 is 17.7 Å². The highest BCUT2D eigenvalue weighted by atomic mass is 32.2. The van der Waals surface area contributed by atoms with E-state index in [0.29, 0.717) is 5.75 Å². The Morgan fingerprint density at radius 1 is 1.91 bits per heavy atom. The van der Waals surface area contributed by atoms with E-state index in [1.54, 1.807) is 17.8 Å². The van der Waals surface area contributed by atoms with Crippen molar-refractivity contribution in [1.29, 1.82) is 0 Å². The molecule has 3 N–H and O–H groups in total. The van der Waals surface area contributed by atoms with Gasteiger partial charge in [-0.2, -0.15) is 11.8 Å². The van der Waals surface area contributed by atoms with Crippen LogP contribution in [0.5, 0.6) is 0 Å². The molecule has 0 fully saturated rings. The van der Waals surface area contributed by atoms with Gasteiger partial charge < -0.3 is 10.5 Å². The molecule has 1 unspecified atom stereocenters. The van der Waals surface area contributed by atoms with E-state index in [0.717, 1.165) is 5.75 Å². The molecular formula is C7H14NO2S+. The lowest BCUT2D eigenvalue weighted by Gasteiger charge is -2.03. The number of quaternary nitrogens is 1. The molecule has 4 heteroatoms. The first-order chi connectivity index (χ1) is 5.22. The third kappa shape index (κ3) is 4.86. The van der Waals surface area contributed by atoms with Crippen LogP contribution in [0.3, 0.4) is 0 Å². The van der Waals surface area contributed by atoms with Gasteiger partial charge in [0.1, 0.15) is 0 Å². The lowest BCUT2D eigenvalue weighted by Crippen LogP contribution is -2.66. The predicted octanol–water partition coefficient (Wildman–Crippen LogP) is -0.311. The van der Waals surface area contributed by atoms with Crippen LogP contribution in [0.1, 0.15) is 0 Å². The summed E-state index contributed by atoms with van der Waals surface area (Å²) in [5.41, 5.74) is 3.65. The van der Waals surface area contributed by atoms with E-state index < -0.39 is 0 Å². The normalized spacial score (nSPS) is 12.2. The Morgan fingerprint density at radius 3 is 3.00 bits per heavy atom. The van der Waals surface area contributed by atoms with E-state index in [1.807, 2.05) is 0 Å². The van der Waals surface area contributed by atoms with E-state index in [4.69, 9.17) is 0 Å². The largest absolute Gasteiger partial charge is 0.465 e. The van der Waals surface area contributed by atoms with Crippen LogP contribution in [0, 0.1) is 0 Å². The first kappa shape index (κ1) is 10.5. The minimum absolute atomic E-state index is 0.249. The number of methoxy groups -OCH3 is 1. The molecule has 0 saturated heterocycles. The molecule has 0 aromatic rings. The zero-order chi connectivity index (χ0) is 8.69. The van der Waals surface area contributed by atoms with Crippen LogP contribution in [0.4, 0.5) is 0 Å². The second-order valence-corrected chi connectivity index (χ2v) is 3.12. The number of rotatable bonds is 5. The summed E-state index contributed by atoms with van der Waals surface area (Å²) in [4.78, 5) is 10.8. The zero-order valence-corrected chi connectivity index (χ0v) is 7.52. The van der Waals surface area contributed by atoms with Gasteiger partial charge in [0.2, 0.25) is 0 Å². The Morgan fingerprint density at radius 2 is 2.55 bits per heavy atom. The summed E-state index contributed by atoms with van der Waals surface area (Å²) in [6.45, 7) is 3.57. The van der Waals surface area contributed by atoms with Crippen molar-refractivity contribution in [3.8, 4) is 0 Å². The van der Waals surface area contributed by atoms with Gasteiger partial charge in [-0.3, -0.25) is 0 Å². The molecule has 0 aliphatic carbocycles. The maximum Gasteiger partial charge on any atom is 0.365 e. The molecule has 0 heterocycles. The maximum atomic E-state index is 10.8. The van der Waals surface area contributed by atoms with Crippen LogP contribution in [-0.4, -0.2) is 30.6 Å². The average Bonchev–Trinajstić information content (AvgIpc) is 2.03. The number of thioether (sulfide) groups is 1. The molecule has 0 aliphatic rings. The summed E-state index contributed by atoms with van der Waals surface area (Å²) < 4.78 is 4.50. The number of hydrogen-bond donors (Lipinski definition) is 1. The van der Waals surface area contributed by atoms with E-state index >= 15 is 0 Å². The molecule has 11 heavy (non-hydrogen) atoms. The van der Waals surface area contributed by atoms with Gasteiger partial charge >= 0.3 is 5.97 Å². The summed E-state index contributed by atoms with van der Waals surface area (Å²) in [7, 11) is 1.37. The van der Waals surface area contributed by atoms with Crippen LogP contribution in [0.25, 0.3) is 0 Å². The van der Waals surface area contributed by atoms with Gasteiger partial charge in [0.05, 0.1) is 12.9 Å². The topological polar surface area (TPSA) is 53.9 Å². The number of carbonyl (C=O) groups is 1. The van der Waals surface area contributed by atoms with Crippen LogP contribution >= 0.6 is 11.8 Å². The molecule has 0 amide bonds. The van der Waals surface area contributed by atoms with Crippen molar-refractivity contribution in [2.24, 2.45) is 0 Å². The van der Waals surface area contributed by atoms with Crippen LogP contribution in [0.15, 0.2) is 12.7 Å². The van der Waals surface area contributed by atoms with Crippen molar-refractivity contribution in [3.63, 3.8) is 0 Å². The molecule has 1 atom stereocenters. The Balaban J connectivity index is 3.43. The fraction of sp³-hybridized carbons (Fsp3) is 0.571. The van der Waals surface area contributed by atoms with E-state index in [-0.39, 0.29) is 12.0 Å². The Labute approximate surface area is 71.0 Å². The predicted molar refractivity (Wildman–Crippen MR) is 46.2 cm³/mol. The first-order valence-corrected chi connectivity index (χ1v) is 4.47. The molecule has 0 radical (unpaired) electrons. The summed E-state index contributed by atoms with van der Waals surface area (Å²) in [5, 5.41) is 0. The van der Waals surface area contributed by atoms with Crippen LogP contribution < -0.4 is 5.73 Å². The maximum absolute atomic E-state index is 10.8. The van der Waals surface area contributed by atoms with Gasteiger partial charge in [0, 0.05) is 5.75 Å². The Kier molecular flexibility index (Phi) is 5.97. The average molecular weight is 176 g/mol. The first-order valence-electron chi connectivity index (χ1n) is 3.32. The number of ether oxygens (including phenoxy) is 1. The molecule has 0 aromatic heterocycles. The van der Waals surface area contributed by atoms with Gasteiger partial charge in [0.25, 0.3) is 0 Å². The highest BCUT2D eigenvalue weighted by Gasteiger charge is 2.16. The smallest absolute Gasteiger partial charge is 0.365 e. The molecule has 0 aliphatic heterocycles. The molecule has 0 bridgehead atoms. The van der Waals surface area contributed by atoms with Gasteiger partial charge in [-0.1, -0.05) is 6.08 Å². The highest BCUT2D eigenvalue weighted by molar-refractivity contribution is 7.99. The fourth-order valence-electron chi connectivity index (χ4n) is 0.528. The van der Waals surface area contributed by atoms with Crippen molar-refractivity contribution < 1.29 is 15.3 Å². The number of esters is 1.